The summed E-state index contributed by atoms with van der Waals surface area (Å²) in [5.41, 5.74) is 0.824. The highest BCUT2D eigenvalue weighted by Gasteiger charge is 2.31. The van der Waals surface area contributed by atoms with Crippen molar-refractivity contribution >= 4 is 40.0 Å². The Bertz CT molecular complexity index is 1380. The molecule has 0 aliphatic rings. The summed E-state index contributed by atoms with van der Waals surface area (Å²) in [5, 5.41) is 12.0. The van der Waals surface area contributed by atoms with E-state index in [1.807, 2.05) is 13.0 Å². The fourth-order valence-corrected chi connectivity index (χ4v) is 4.15. The topological polar surface area (TPSA) is 90.5 Å². The highest BCUT2D eigenvalue weighted by atomic mass is 32.2. The van der Waals surface area contributed by atoms with Gasteiger partial charge in [0.15, 0.2) is 5.16 Å². The van der Waals surface area contributed by atoms with Gasteiger partial charge < -0.3 is 10.1 Å². The van der Waals surface area contributed by atoms with Gasteiger partial charge in [-0.2, -0.15) is 0 Å². The number of unbranched alkanes of at least 4 members (excludes halogenated alkanes) is 1. The smallest absolute Gasteiger partial charge is 0.406 e. The summed E-state index contributed by atoms with van der Waals surface area (Å²) < 4.78 is 44.0. The van der Waals surface area contributed by atoms with E-state index in [4.69, 9.17) is 0 Å². The second kappa shape index (κ2) is 9.75. The molecule has 0 radical (unpaired) electrons. The van der Waals surface area contributed by atoms with Crippen molar-refractivity contribution in [3.8, 4) is 5.75 Å². The van der Waals surface area contributed by atoms with Gasteiger partial charge in [0.25, 0.3) is 5.56 Å². The molecule has 2 aromatic carbocycles. The summed E-state index contributed by atoms with van der Waals surface area (Å²) in [4.78, 5) is 25.4. The molecule has 12 heteroatoms. The van der Waals surface area contributed by atoms with E-state index in [9.17, 15) is 22.8 Å². The van der Waals surface area contributed by atoms with Crippen LogP contribution >= 0.6 is 11.8 Å². The Morgan fingerprint density at radius 1 is 1.12 bits per heavy atom. The van der Waals surface area contributed by atoms with Gasteiger partial charge in [-0.1, -0.05) is 37.2 Å². The third-order valence-electron chi connectivity index (χ3n) is 4.92. The van der Waals surface area contributed by atoms with E-state index in [0.717, 1.165) is 36.7 Å². The molecule has 0 unspecified atom stereocenters. The van der Waals surface area contributed by atoms with E-state index < -0.39 is 6.36 Å². The predicted molar refractivity (Wildman–Crippen MR) is 122 cm³/mol. The lowest BCUT2D eigenvalue weighted by atomic mass is 10.2. The summed E-state index contributed by atoms with van der Waals surface area (Å²) in [6, 6.07) is 12.0. The van der Waals surface area contributed by atoms with Crippen molar-refractivity contribution in [2.45, 2.75) is 37.8 Å². The van der Waals surface area contributed by atoms with Crippen LogP contribution in [0, 0.1) is 0 Å². The molecule has 4 aromatic rings. The molecular weight excluding hydrogens is 471 g/mol. The van der Waals surface area contributed by atoms with E-state index >= 15 is 0 Å². The Balaban J connectivity index is 1.53. The van der Waals surface area contributed by atoms with Gasteiger partial charge in [-0.25, -0.2) is 0 Å². The number of carbonyl (C=O) groups excluding carboxylic acids is 1. The fraction of sp³-hybridized carbons (Fsp3) is 0.273. The Hall–Kier alpha value is -3.54. The minimum absolute atomic E-state index is 0.0238. The lowest BCUT2D eigenvalue weighted by molar-refractivity contribution is -0.274. The average molecular weight is 491 g/mol. The van der Waals surface area contributed by atoms with Crippen LogP contribution in [0.4, 0.5) is 18.9 Å². The number of para-hydroxylation sites is 1. The van der Waals surface area contributed by atoms with E-state index in [-0.39, 0.29) is 23.0 Å². The van der Waals surface area contributed by atoms with Crippen molar-refractivity contribution in [2.75, 3.05) is 11.1 Å². The van der Waals surface area contributed by atoms with Crippen molar-refractivity contribution in [2.24, 2.45) is 0 Å². The molecule has 2 aromatic heterocycles. The zero-order valence-corrected chi connectivity index (χ0v) is 18.8. The van der Waals surface area contributed by atoms with E-state index in [0.29, 0.717) is 34.1 Å². The standard InChI is InChI=1S/C22H20F3N5O3S/c1-2-3-12-29-19(32)16-6-4-5-7-17(16)30-20(29)27-28-21(30)34-13-18(31)26-14-8-10-15(11-9-14)33-22(23,24)25/h4-11H,2-3,12-13H2,1H3,(H,26,31). The maximum absolute atomic E-state index is 13.0. The Morgan fingerprint density at radius 2 is 1.85 bits per heavy atom. The molecule has 34 heavy (non-hydrogen) atoms. The normalized spacial score (nSPS) is 11.8. The van der Waals surface area contributed by atoms with Crippen LogP contribution in [0.2, 0.25) is 0 Å². The van der Waals surface area contributed by atoms with Crippen molar-refractivity contribution in [1.29, 1.82) is 0 Å². The van der Waals surface area contributed by atoms with Gasteiger partial charge in [-0.05, 0) is 42.8 Å². The summed E-state index contributed by atoms with van der Waals surface area (Å²) in [7, 11) is 0. The molecule has 1 N–H and O–H groups in total. The Kier molecular flexibility index (Phi) is 6.77. The minimum Gasteiger partial charge on any atom is -0.406 e. The number of aryl methyl sites for hydroxylation is 1. The highest BCUT2D eigenvalue weighted by Crippen LogP contribution is 2.25. The van der Waals surface area contributed by atoms with Crippen LogP contribution in [-0.4, -0.2) is 37.2 Å². The van der Waals surface area contributed by atoms with Gasteiger partial charge in [0.05, 0.1) is 16.7 Å². The lowest BCUT2D eigenvalue weighted by Gasteiger charge is -2.11. The maximum atomic E-state index is 13.0. The molecular formula is C22H20F3N5O3S. The molecule has 0 aliphatic heterocycles. The summed E-state index contributed by atoms with van der Waals surface area (Å²) >= 11 is 1.14. The number of aromatic nitrogens is 4. The maximum Gasteiger partial charge on any atom is 0.573 e. The number of hydrogen-bond donors (Lipinski definition) is 1. The van der Waals surface area contributed by atoms with Crippen molar-refractivity contribution in [1.82, 2.24) is 19.2 Å². The Morgan fingerprint density at radius 3 is 2.56 bits per heavy atom. The number of thioether (sulfide) groups is 1. The van der Waals surface area contributed by atoms with Crippen LogP contribution in [-0.2, 0) is 11.3 Å². The molecule has 8 nitrogen and oxygen atoms in total. The van der Waals surface area contributed by atoms with E-state index in [2.05, 4.69) is 20.3 Å². The number of hydrogen-bond acceptors (Lipinski definition) is 6. The number of benzene rings is 2. The van der Waals surface area contributed by atoms with E-state index in [1.54, 1.807) is 27.2 Å². The second-order valence-corrected chi connectivity index (χ2v) is 8.30. The van der Waals surface area contributed by atoms with Gasteiger partial charge in [0, 0.05) is 12.2 Å². The molecule has 178 valence electrons. The predicted octanol–water partition coefficient (Wildman–Crippen LogP) is 4.47. The summed E-state index contributed by atoms with van der Waals surface area (Å²) in [6.45, 7) is 2.53. The molecule has 0 saturated heterocycles. The monoisotopic (exact) mass is 491 g/mol. The van der Waals surface area contributed by atoms with Crippen LogP contribution < -0.4 is 15.6 Å². The Labute approximate surface area is 195 Å². The molecule has 0 bridgehead atoms. The SMILES string of the molecule is CCCCn1c(=O)c2ccccc2n2c(SCC(=O)Nc3ccc(OC(F)(F)F)cc3)nnc12. The second-order valence-electron chi connectivity index (χ2n) is 7.35. The van der Waals surface area contributed by atoms with Crippen molar-refractivity contribution in [3.63, 3.8) is 0 Å². The summed E-state index contributed by atoms with van der Waals surface area (Å²) in [6.07, 6.45) is -3.07. The van der Waals surface area contributed by atoms with Crippen LogP contribution in [0.3, 0.4) is 0 Å². The molecule has 0 saturated carbocycles. The zero-order chi connectivity index (χ0) is 24.3. The number of carbonyl (C=O) groups is 1. The van der Waals surface area contributed by atoms with Crippen molar-refractivity contribution in [3.05, 3.63) is 58.9 Å². The van der Waals surface area contributed by atoms with Crippen LogP contribution in [0.25, 0.3) is 16.7 Å². The first-order valence-electron chi connectivity index (χ1n) is 10.4. The van der Waals surface area contributed by atoms with Gasteiger partial charge >= 0.3 is 6.36 Å². The van der Waals surface area contributed by atoms with E-state index in [1.165, 1.54) is 12.1 Å². The third-order valence-corrected chi connectivity index (χ3v) is 5.85. The van der Waals surface area contributed by atoms with Crippen LogP contribution in [0.1, 0.15) is 19.8 Å². The first kappa shape index (κ1) is 23.6. The number of nitrogens with zero attached hydrogens (tertiary/aromatic N) is 4. The number of amides is 1. The third kappa shape index (κ3) is 5.16. The average Bonchev–Trinajstić information content (AvgIpc) is 3.22. The number of alkyl halides is 3. The number of ether oxygens (including phenoxy) is 1. The summed E-state index contributed by atoms with van der Waals surface area (Å²) in [5.74, 6) is -0.379. The number of nitrogens with one attached hydrogen (secondary N) is 1. The molecule has 4 rings (SSSR count). The molecule has 2 heterocycles. The number of halogens is 3. The quantitative estimate of drug-likeness (QED) is 0.366. The molecule has 0 spiro atoms. The van der Waals surface area contributed by atoms with Crippen LogP contribution in [0.15, 0.2) is 58.5 Å². The molecule has 1 amide bonds. The lowest BCUT2D eigenvalue weighted by Crippen LogP contribution is -2.23. The first-order valence-corrected chi connectivity index (χ1v) is 11.4. The van der Waals surface area contributed by atoms with Gasteiger partial charge in [-0.15, -0.1) is 23.4 Å². The van der Waals surface area contributed by atoms with Gasteiger partial charge in [-0.3, -0.25) is 18.6 Å². The zero-order valence-electron chi connectivity index (χ0n) is 18.0. The fourth-order valence-electron chi connectivity index (χ4n) is 3.41. The molecule has 0 fully saturated rings. The highest BCUT2D eigenvalue weighted by molar-refractivity contribution is 7.99. The minimum atomic E-state index is -4.78. The number of anilines is 1. The van der Waals surface area contributed by atoms with Crippen LogP contribution in [0.5, 0.6) is 5.75 Å². The van der Waals surface area contributed by atoms with Crippen molar-refractivity contribution < 1.29 is 22.7 Å². The first-order chi connectivity index (χ1) is 16.3. The number of rotatable bonds is 8. The molecule has 0 atom stereocenters. The largest absolute Gasteiger partial charge is 0.573 e. The van der Waals surface area contributed by atoms with Gasteiger partial charge in [0.2, 0.25) is 11.7 Å². The number of fused-ring (bicyclic) bond motifs is 3. The molecule has 0 aliphatic carbocycles. The van der Waals surface area contributed by atoms with Gasteiger partial charge in [0.1, 0.15) is 5.75 Å².